The topological polar surface area (TPSA) is 46.9 Å². The van der Waals surface area contributed by atoms with E-state index >= 15 is 0 Å². The molecule has 3 aromatic carbocycles. The predicted octanol–water partition coefficient (Wildman–Crippen LogP) is 4.14. The van der Waals surface area contributed by atoms with Crippen LogP contribution in [0.2, 0.25) is 0 Å². The molecule has 0 aliphatic heterocycles. The minimum atomic E-state index is 0.00946. The van der Waals surface area contributed by atoms with Gasteiger partial charge in [-0.15, -0.1) is 11.8 Å². The molecule has 0 aliphatic rings. The highest BCUT2D eigenvalue weighted by atomic mass is 32.2. The molecule has 130 valence electrons. The second-order valence-corrected chi connectivity index (χ2v) is 7.20. The van der Waals surface area contributed by atoms with Crippen LogP contribution in [0.3, 0.4) is 0 Å². The Kier molecular flexibility index (Phi) is 4.63. The maximum absolute atomic E-state index is 12.2. The monoisotopic (exact) mass is 361 g/mol. The number of thioether (sulfide) groups is 1. The molecule has 0 spiro atoms. The van der Waals surface area contributed by atoms with Gasteiger partial charge in [-0.1, -0.05) is 42.5 Å². The molecule has 4 nitrogen and oxygen atoms in total. The Morgan fingerprint density at radius 3 is 2.65 bits per heavy atom. The first-order valence-electron chi connectivity index (χ1n) is 8.49. The zero-order valence-electron chi connectivity index (χ0n) is 14.5. The molecule has 1 N–H and O–H groups in total. The Balaban J connectivity index is 1.36. The van der Waals surface area contributed by atoms with E-state index in [1.165, 1.54) is 10.8 Å². The number of carbonyl (C=O) groups is 1. The van der Waals surface area contributed by atoms with Crippen molar-refractivity contribution in [2.75, 3.05) is 5.75 Å². The second-order valence-electron chi connectivity index (χ2n) is 6.15. The molecule has 0 radical (unpaired) electrons. The van der Waals surface area contributed by atoms with Crippen LogP contribution in [-0.4, -0.2) is 21.2 Å². The average molecular weight is 361 g/mol. The number of carbonyl (C=O) groups excluding carboxylic acids is 1. The first-order chi connectivity index (χ1) is 12.7. The van der Waals surface area contributed by atoms with Gasteiger partial charge in [0, 0.05) is 11.9 Å². The summed E-state index contributed by atoms with van der Waals surface area (Å²) in [6.07, 6.45) is 0. The highest BCUT2D eigenvalue weighted by Gasteiger charge is 2.09. The van der Waals surface area contributed by atoms with E-state index in [0.29, 0.717) is 12.3 Å². The quantitative estimate of drug-likeness (QED) is 0.544. The summed E-state index contributed by atoms with van der Waals surface area (Å²) in [5.74, 6) is 1.26. The molecule has 4 aromatic rings. The zero-order valence-corrected chi connectivity index (χ0v) is 15.3. The molecular formula is C21H19N3OS. The maximum atomic E-state index is 12.2. The molecule has 0 fully saturated rings. The first-order valence-corrected chi connectivity index (χ1v) is 9.48. The van der Waals surface area contributed by atoms with Crippen molar-refractivity contribution in [3.05, 3.63) is 72.6 Å². The lowest BCUT2D eigenvalue weighted by atomic mass is 10.1. The van der Waals surface area contributed by atoms with Crippen molar-refractivity contribution in [3.8, 4) is 0 Å². The van der Waals surface area contributed by atoms with Crippen LogP contribution in [0.15, 0.2) is 71.6 Å². The number of aryl methyl sites for hydroxylation is 1. The molecule has 4 rings (SSSR count). The van der Waals surface area contributed by atoms with Crippen LogP contribution in [0.25, 0.3) is 21.8 Å². The average Bonchev–Trinajstić information content (AvgIpc) is 3.00. The summed E-state index contributed by atoms with van der Waals surface area (Å²) in [4.78, 5) is 17.9. The lowest BCUT2D eigenvalue weighted by Gasteiger charge is -2.06. The number of rotatable bonds is 5. The summed E-state index contributed by atoms with van der Waals surface area (Å²) in [6, 6.07) is 22.5. The lowest BCUT2D eigenvalue weighted by molar-refractivity contribution is -0.118. The van der Waals surface area contributed by atoms with Crippen LogP contribution in [0, 0.1) is 0 Å². The van der Waals surface area contributed by atoms with E-state index in [9.17, 15) is 4.79 Å². The number of hydrogen-bond acceptors (Lipinski definition) is 3. The molecular weight excluding hydrogens is 342 g/mol. The van der Waals surface area contributed by atoms with Crippen molar-refractivity contribution in [2.45, 2.75) is 11.4 Å². The minimum absolute atomic E-state index is 0.00946. The van der Waals surface area contributed by atoms with Gasteiger partial charge in [-0.05, 0) is 35.0 Å². The molecule has 0 saturated carbocycles. The van der Waals surface area contributed by atoms with Crippen LogP contribution in [0.4, 0.5) is 0 Å². The highest BCUT2D eigenvalue weighted by molar-refractivity contribution is 8.00. The van der Waals surface area contributed by atoms with Crippen molar-refractivity contribution in [1.82, 2.24) is 14.9 Å². The largest absolute Gasteiger partial charge is 0.348 e. The third kappa shape index (κ3) is 3.44. The molecule has 0 saturated heterocycles. The molecule has 1 heterocycles. The van der Waals surface area contributed by atoms with Crippen LogP contribution in [0.1, 0.15) is 5.82 Å². The van der Waals surface area contributed by atoms with Gasteiger partial charge in [-0.25, -0.2) is 4.98 Å². The summed E-state index contributed by atoms with van der Waals surface area (Å²) < 4.78 is 2.02. The normalized spacial score (nSPS) is 11.1. The van der Waals surface area contributed by atoms with Gasteiger partial charge in [0.05, 0.1) is 23.3 Å². The standard InChI is InChI=1S/C21H19N3OS/c1-24-19-9-5-4-8-18(19)23-20(24)13-22-21(25)14-26-17-11-10-15-6-2-3-7-16(15)12-17/h2-12H,13-14H2,1H3,(H,22,25). The van der Waals surface area contributed by atoms with Gasteiger partial charge in [0.1, 0.15) is 5.82 Å². The Hall–Kier alpha value is -2.79. The lowest BCUT2D eigenvalue weighted by Crippen LogP contribution is -2.26. The number of aromatic nitrogens is 2. The molecule has 0 atom stereocenters. The Bertz CT molecular complexity index is 1090. The van der Waals surface area contributed by atoms with E-state index in [1.807, 2.05) is 48.0 Å². The third-order valence-electron chi connectivity index (χ3n) is 4.41. The first kappa shape index (κ1) is 16.7. The van der Waals surface area contributed by atoms with Gasteiger partial charge in [0.15, 0.2) is 0 Å². The number of amides is 1. The van der Waals surface area contributed by atoms with Crippen molar-refractivity contribution >= 4 is 39.5 Å². The number of fused-ring (bicyclic) bond motifs is 2. The van der Waals surface area contributed by atoms with Crippen molar-refractivity contribution in [1.29, 1.82) is 0 Å². The van der Waals surface area contributed by atoms with Gasteiger partial charge in [-0.3, -0.25) is 4.79 Å². The van der Waals surface area contributed by atoms with E-state index in [4.69, 9.17) is 0 Å². The summed E-state index contributed by atoms with van der Waals surface area (Å²) in [5.41, 5.74) is 2.02. The number of benzene rings is 3. The molecule has 26 heavy (non-hydrogen) atoms. The fraction of sp³-hybridized carbons (Fsp3) is 0.143. The van der Waals surface area contributed by atoms with Gasteiger partial charge >= 0.3 is 0 Å². The molecule has 1 amide bonds. The molecule has 0 unspecified atom stereocenters. The van der Waals surface area contributed by atoms with Gasteiger partial charge < -0.3 is 9.88 Å². The Morgan fingerprint density at radius 1 is 1.04 bits per heavy atom. The van der Waals surface area contributed by atoms with Gasteiger partial charge in [-0.2, -0.15) is 0 Å². The maximum Gasteiger partial charge on any atom is 0.230 e. The fourth-order valence-corrected chi connectivity index (χ4v) is 3.76. The predicted molar refractivity (Wildman–Crippen MR) is 107 cm³/mol. The van der Waals surface area contributed by atoms with E-state index < -0.39 is 0 Å². The number of nitrogens with zero attached hydrogens (tertiary/aromatic N) is 2. The zero-order chi connectivity index (χ0) is 17.9. The molecule has 0 aliphatic carbocycles. The van der Waals surface area contributed by atoms with Crippen LogP contribution < -0.4 is 5.32 Å². The Morgan fingerprint density at radius 2 is 1.81 bits per heavy atom. The fourth-order valence-electron chi connectivity index (χ4n) is 2.99. The SMILES string of the molecule is Cn1c(CNC(=O)CSc2ccc3ccccc3c2)nc2ccccc21. The van der Waals surface area contributed by atoms with Gasteiger partial charge in [0.2, 0.25) is 5.91 Å². The summed E-state index contributed by atoms with van der Waals surface area (Å²) in [7, 11) is 1.97. The van der Waals surface area contributed by atoms with Gasteiger partial charge in [0.25, 0.3) is 0 Å². The van der Waals surface area contributed by atoms with Crippen molar-refractivity contribution in [3.63, 3.8) is 0 Å². The third-order valence-corrected chi connectivity index (χ3v) is 5.41. The second kappa shape index (κ2) is 7.22. The van der Waals surface area contributed by atoms with E-state index in [1.54, 1.807) is 11.8 Å². The summed E-state index contributed by atoms with van der Waals surface area (Å²) >= 11 is 1.55. The van der Waals surface area contributed by atoms with E-state index in [-0.39, 0.29) is 5.91 Å². The molecule has 0 bridgehead atoms. The van der Waals surface area contributed by atoms with Crippen LogP contribution in [-0.2, 0) is 18.4 Å². The van der Waals surface area contributed by atoms with E-state index in [2.05, 4.69) is 40.6 Å². The highest BCUT2D eigenvalue weighted by Crippen LogP contribution is 2.23. The number of imidazole rings is 1. The van der Waals surface area contributed by atoms with Crippen molar-refractivity contribution < 1.29 is 4.79 Å². The summed E-state index contributed by atoms with van der Waals surface area (Å²) in [5, 5.41) is 5.37. The minimum Gasteiger partial charge on any atom is -0.348 e. The summed E-state index contributed by atoms with van der Waals surface area (Å²) in [6.45, 7) is 0.433. The number of para-hydroxylation sites is 2. The van der Waals surface area contributed by atoms with E-state index in [0.717, 1.165) is 21.8 Å². The number of hydrogen-bond donors (Lipinski definition) is 1. The van der Waals surface area contributed by atoms with Crippen LogP contribution >= 0.6 is 11.8 Å². The molecule has 1 aromatic heterocycles. The Labute approximate surface area is 156 Å². The van der Waals surface area contributed by atoms with Crippen molar-refractivity contribution in [2.24, 2.45) is 7.05 Å². The smallest absolute Gasteiger partial charge is 0.230 e. The number of nitrogens with one attached hydrogen (secondary N) is 1. The van der Waals surface area contributed by atoms with Crippen LogP contribution in [0.5, 0.6) is 0 Å². The molecule has 5 heteroatoms.